The zero-order valence-corrected chi connectivity index (χ0v) is 8.91. The van der Waals surface area contributed by atoms with E-state index in [4.69, 9.17) is 0 Å². The van der Waals surface area contributed by atoms with E-state index < -0.39 is 0 Å². The van der Waals surface area contributed by atoms with Crippen molar-refractivity contribution in [2.75, 3.05) is 27.2 Å². The van der Waals surface area contributed by atoms with Crippen LogP contribution in [0.15, 0.2) is 0 Å². The highest BCUT2D eigenvalue weighted by Gasteiger charge is 2.28. The molecule has 1 unspecified atom stereocenters. The summed E-state index contributed by atoms with van der Waals surface area (Å²) >= 11 is 0. The Balaban J connectivity index is 2.62. The molecule has 1 atom stereocenters. The van der Waals surface area contributed by atoms with Gasteiger partial charge in [0.25, 0.3) is 0 Å². The molecule has 0 bridgehead atoms. The number of rotatable bonds is 2. The fourth-order valence-electron chi connectivity index (χ4n) is 1.52. The van der Waals surface area contributed by atoms with E-state index in [-0.39, 0.29) is 18.0 Å². The highest BCUT2D eigenvalue weighted by molar-refractivity contribution is 5.86. The number of carbonyl (C=O) groups excluding carboxylic acids is 2. The summed E-state index contributed by atoms with van der Waals surface area (Å²) in [4.78, 5) is 26.1. The second-order valence-corrected chi connectivity index (χ2v) is 3.69. The van der Waals surface area contributed by atoms with Crippen LogP contribution in [0.25, 0.3) is 0 Å². The lowest BCUT2D eigenvalue weighted by molar-refractivity contribution is -0.133. The van der Waals surface area contributed by atoms with Crippen LogP contribution in [-0.4, -0.2) is 55.0 Å². The van der Waals surface area contributed by atoms with E-state index in [9.17, 15) is 9.59 Å². The fourth-order valence-corrected chi connectivity index (χ4v) is 1.52. The molecule has 0 radical (unpaired) electrons. The fraction of sp³-hybridized carbons (Fsp3) is 0.778. The Bertz CT molecular complexity index is 240. The molecule has 1 saturated heterocycles. The van der Waals surface area contributed by atoms with Gasteiger partial charge in [-0.05, 0) is 13.3 Å². The predicted molar refractivity (Wildman–Crippen MR) is 52.9 cm³/mol. The van der Waals surface area contributed by atoms with Crippen molar-refractivity contribution in [2.24, 2.45) is 0 Å². The first-order valence-corrected chi connectivity index (χ1v) is 4.79. The van der Waals surface area contributed by atoms with Gasteiger partial charge in [0.05, 0.1) is 0 Å². The van der Waals surface area contributed by atoms with Gasteiger partial charge >= 0.3 is 6.03 Å². The molecule has 0 aliphatic carbocycles. The lowest BCUT2D eigenvalue weighted by atomic mass is 10.2. The van der Waals surface area contributed by atoms with Crippen LogP contribution in [0.3, 0.4) is 0 Å². The SMILES string of the molecule is CC(C(=O)N(C)C)N1CCCNC1=O. The Morgan fingerprint density at radius 1 is 1.57 bits per heavy atom. The molecular formula is C9H17N3O2. The van der Waals surface area contributed by atoms with Gasteiger partial charge < -0.3 is 15.1 Å². The molecule has 1 rings (SSSR count). The standard InChI is InChI=1S/C9H17N3O2/c1-7(8(13)11(2)3)12-6-4-5-10-9(12)14/h7H,4-6H2,1-3H3,(H,10,14). The van der Waals surface area contributed by atoms with Crippen LogP contribution in [-0.2, 0) is 4.79 Å². The Morgan fingerprint density at radius 2 is 2.21 bits per heavy atom. The molecule has 5 nitrogen and oxygen atoms in total. The van der Waals surface area contributed by atoms with Gasteiger partial charge in [0.15, 0.2) is 0 Å². The first kappa shape index (κ1) is 10.8. The van der Waals surface area contributed by atoms with Gasteiger partial charge in [-0.1, -0.05) is 0 Å². The first-order valence-electron chi connectivity index (χ1n) is 4.79. The third-order valence-electron chi connectivity index (χ3n) is 2.38. The van der Waals surface area contributed by atoms with Gasteiger partial charge in [-0.15, -0.1) is 0 Å². The molecule has 1 aliphatic rings. The van der Waals surface area contributed by atoms with Crippen molar-refractivity contribution in [3.05, 3.63) is 0 Å². The third kappa shape index (κ3) is 2.16. The molecule has 1 N–H and O–H groups in total. The average Bonchev–Trinajstić information content (AvgIpc) is 2.16. The van der Waals surface area contributed by atoms with Crippen LogP contribution >= 0.6 is 0 Å². The average molecular weight is 199 g/mol. The number of nitrogens with one attached hydrogen (secondary N) is 1. The molecule has 0 aromatic heterocycles. The molecule has 1 fully saturated rings. The Morgan fingerprint density at radius 3 is 2.71 bits per heavy atom. The number of urea groups is 1. The minimum Gasteiger partial charge on any atom is -0.347 e. The summed E-state index contributed by atoms with van der Waals surface area (Å²) in [6, 6.07) is -0.510. The summed E-state index contributed by atoms with van der Waals surface area (Å²) < 4.78 is 0. The van der Waals surface area contributed by atoms with Gasteiger partial charge in [-0.2, -0.15) is 0 Å². The molecular weight excluding hydrogens is 182 g/mol. The van der Waals surface area contributed by atoms with Crippen LogP contribution in [0.4, 0.5) is 4.79 Å². The largest absolute Gasteiger partial charge is 0.347 e. The molecule has 0 saturated carbocycles. The highest BCUT2D eigenvalue weighted by atomic mass is 16.2. The normalized spacial score (nSPS) is 18.8. The number of carbonyl (C=O) groups is 2. The van der Waals surface area contributed by atoms with E-state index >= 15 is 0 Å². The molecule has 5 heteroatoms. The summed E-state index contributed by atoms with van der Waals surface area (Å²) in [7, 11) is 3.39. The molecule has 0 spiro atoms. The maximum atomic E-state index is 11.6. The zero-order chi connectivity index (χ0) is 10.7. The highest BCUT2D eigenvalue weighted by Crippen LogP contribution is 2.06. The molecule has 80 valence electrons. The molecule has 3 amide bonds. The van der Waals surface area contributed by atoms with Crippen molar-refractivity contribution in [1.29, 1.82) is 0 Å². The monoisotopic (exact) mass is 199 g/mol. The smallest absolute Gasteiger partial charge is 0.318 e. The van der Waals surface area contributed by atoms with Gasteiger partial charge in [0, 0.05) is 27.2 Å². The lowest BCUT2D eigenvalue weighted by Crippen LogP contribution is -2.54. The van der Waals surface area contributed by atoms with E-state index in [0.717, 1.165) is 6.42 Å². The van der Waals surface area contributed by atoms with Crippen molar-refractivity contribution in [2.45, 2.75) is 19.4 Å². The number of hydrogen-bond donors (Lipinski definition) is 1. The first-order chi connectivity index (χ1) is 6.54. The Hall–Kier alpha value is -1.26. The summed E-state index contributed by atoms with van der Waals surface area (Å²) in [6.07, 6.45) is 0.900. The lowest BCUT2D eigenvalue weighted by Gasteiger charge is -2.33. The number of likely N-dealkylation sites (N-methyl/N-ethyl adjacent to an activating group) is 1. The van der Waals surface area contributed by atoms with Crippen molar-refractivity contribution >= 4 is 11.9 Å². The minimum atomic E-state index is -0.370. The van der Waals surface area contributed by atoms with E-state index in [2.05, 4.69) is 5.32 Å². The number of amides is 3. The summed E-state index contributed by atoms with van der Waals surface area (Å²) in [5, 5.41) is 2.72. The van der Waals surface area contributed by atoms with Crippen molar-refractivity contribution in [3.8, 4) is 0 Å². The van der Waals surface area contributed by atoms with Crippen molar-refractivity contribution in [1.82, 2.24) is 15.1 Å². The molecule has 14 heavy (non-hydrogen) atoms. The molecule has 0 aromatic rings. The van der Waals surface area contributed by atoms with Crippen molar-refractivity contribution < 1.29 is 9.59 Å². The summed E-state index contributed by atoms with van der Waals surface area (Å²) in [5.74, 6) is -0.0398. The van der Waals surface area contributed by atoms with Gasteiger partial charge in [0.1, 0.15) is 6.04 Å². The van der Waals surface area contributed by atoms with E-state index in [1.807, 2.05) is 0 Å². The summed E-state index contributed by atoms with van der Waals surface area (Å²) in [6.45, 7) is 3.12. The molecule has 1 aliphatic heterocycles. The Labute approximate surface area is 84.0 Å². The van der Waals surface area contributed by atoms with Gasteiger partial charge in [-0.25, -0.2) is 4.79 Å². The maximum absolute atomic E-state index is 11.6. The Kier molecular flexibility index (Phi) is 3.33. The quantitative estimate of drug-likeness (QED) is 0.674. The van der Waals surface area contributed by atoms with E-state index in [1.54, 1.807) is 25.9 Å². The maximum Gasteiger partial charge on any atom is 0.318 e. The second kappa shape index (κ2) is 4.30. The number of nitrogens with zero attached hydrogens (tertiary/aromatic N) is 2. The summed E-state index contributed by atoms with van der Waals surface area (Å²) in [5.41, 5.74) is 0. The molecule has 1 heterocycles. The molecule has 0 aromatic carbocycles. The third-order valence-corrected chi connectivity index (χ3v) is 2.38. The van der Waals surface area contributed by atoms with Crippen molar-refractivity contribution in [3.63, 3.8) is 0 Å². The van der Waals surface area contributed by atoms with Gasteiger partial charge in [-0.3, -0.25) is 4.79 Å². The van der Waals surface area contributed by atoms with Crippen LogP contribution in [0, 0.1) is 0 Å². The second-order valence-electron chi connectivity index (χ2n) is 3.69. The van der Waals surface area contributed by atoms with Crippen LogP contribution < -0.4 is 5.32 Å². The van der Waals surface area contributed by atoms with Crippen LogP contribution in [0.1, 0.15) is 13.3 Å². The minimum absolute atomic E-state index is 0.0398. The van der Waals surface area contributed by atoms with E-state index in [1.165, 1.54) is 4.90 Å². The predicted octanol–water partition coefficient (Wildman–Crippen LogP) is -0.122. The zero-order valence-electron chi connectivity index (χ0n) is 8.91. The number of hydrogen-bond acceptors (Lipinski definition) is 2. The van der Waals surface area contributed by atoms with Crippen LogP contribution in [0.2, 0.25) is 0 Å². The van der Waals surface area contributed by atoms with Gasteiger partial charge in [0.2, 0.25) is 5.91 Å². The van der Waals surface area contributed by atoms with Crippen LogP contribution in [0.5, 0.6) is 0 Å². The van der Waals surface area contributed by atoms with E-state index in [0.29, 0.717) is 13.1 Å². The topological polar surface area (TPSA) is 52.7 Å².